The summed E-state index contributed by atoms with van der Waals surface area (Å²) >= 11 is 0. The molecule has 2 rings (SSSR count). The molecule has 0 aromatic rings. The van der Waals surface area contributed by atoms with E-state index in [1.165, 1.54) is 0 Å². The Morgan fingerprint density at radius 3 is 2.67 bits per heavy atom. The van der Waals surface area contributed by atoms with Gasteiger partial charge in [0.15, 0.2) is 6.10 Å². The Morgan fingerprint density at radius 2 is 2.33 bits per heavy atom. The fraction of sp³-hybridized carbons (Fsp3) is 0.500. The maximum absolute atomic E-state index is 10.4. The SMILES string of the molecule is C=CC(=O)OC1C2OC12. The Labute approximate surface area is 52.3 Å². The Bertz CT molecular complexity index is 167. The van der Waals surface area contributed by atoms with Crippen molar-refractivity contribution in [2.24, 2.45) is 0 Å². The van der Waals surface area contributed by atoms with Gasteiger partial charge in [0.05, 0.1) is 0 Å². The topological polar surface area (TPSA) is 38.8 Å². The standard InChI is InChI=1S/C6H6O3/c1-2-3(7)8-4-5-6(4)9-5/h2,4-6H,1H2. The number of fused-ring (bicyclic) bond motifs is 1. The van der Waals surface area contributed by atoms with E-state index in [-0.39, 0.29) is 24.3 Å². The van der Waals surface area contributed by atoms with Crippen LogP contribution in [-0.4, -0.2) is 24.3 Å². The third-order valence-corrected chi connectivity index (χ3v) is 1.49. The van der Waals surface area contributed by atoms with Crippen LogP contribution in [0.5, 0.6) is 0 Å². The summed E-state index contributed by atoms with van der Waals surface area (Å²) in [6, 6.07) is 0. The van der Waals surface area contributed by atoms with Gasteiger partial charge in [-0.05, 0) is 0 Å². The molecule has 0 bridgehead atoms. The van der Waals surface area contributed by atoms with Crippen molar-refractivity contribution in [2.45, 2.75) is 18.3 Å². The van der Waals surface area contributed by atoms with Crippen molar-refractivity contribution >= 4 is 5.97 Å². The summed E-state index contributed by atoms with van der Waals surface area (Å²) in [7, 11) is 0. The number of hydrogen-bond donors (Lipinski definition) is 0. The fourth-order valence-electron chi connectivity index (χ4n) is 0.750. The van der Waals surface area contributed by atoms with Crippen molar-refractivity contribution in [3.05, 3.63) is 12.7 Å². The summed E-state index contributed by atoms with van der Waals surface area (Å²) in [5, 5.41) is 0. The Hall–Kier alpha value is -0.830. The van der Waals surface area contributed by atoms with Crippen LogP contribution in [0, 0.1) is 0 Å². The quantitative estimate of drug-likeness (QED) is 0.294. The zero-order valence-corrected chi connectivity index (χ0v) is 4.74. The van der Waals surface area contributed by atoms with Crippen molar-refractivity contribution in [3.8, 4) is 0 Å². The molecular weight excluding hydrogens is 120 g/mol. The molecule has 2 fully saturated rings. The zero-order valence-electron chi connectivity index (χ0n) is 4.74. The van der Waals surface area contributed by atoms with Gasteiger partial charge in [-0.15, -0.1) is 0 Å². The highest BCUT2D eigenvalue weighted by atomic mass is 16.7. The molecule has 2 unspecified atom stereocenters. The van der Waals surface area contributed by atoms with E-state index in [9.17, 15) is 4.79 Å². The number of epoxide rings is 1. The average Bonchev–Trinajstić information content (AvgIpc) is 2.67. The molecule has 1 heterocycles. The fourth-order valence-corrected chi connectivity index (χ4v) is 0.750. The molecule has 0 radical (unpaired) electrons. The molecule has 2 atom stereocenters. The lowest BCUT2D eigenvalue weighted by molar-refractivity contribution is -0.143. The number of carbonyl (C=O) groups excluding carboxylic acids is 1. The monoisotopic (exact) mass is 126 g/mol. The highest BCUT2D eigenvalue weighted by Crippen LogP contribution is 2.49. The van der Waals surface area contributed by atoms with Crippen LogP contribution in [0.15, 0.2) is 12.7 Å². The average molecular weight is 126 g/mol. The smallest absolute Gasteiger partial charge is 0.330 e. The normalized spacial score (nSPS) is 42.9. The number of carbonyl (C=O) groups is 1. The van der Waals surface area contributed by atoms with Gasteiger partial charge in [0.1, 0.15) is 12.2 Å². The first-order valence-corrected chi connectivity index (χ1v) is 2.81. The van der Waals surface area contributed by atoms with E-state index in [0.29, 0.717) is 0 Å². The Morgan fingerprint density at radius 1 is 1.67 bits per heavy atom. The summed E-state index contributed by atoms with van der Waals surface area (Å²) in [4.78, 5) is 10.4. The van der Waals surface area contributed by atoms with Gasteiger partial charge in [-0.2, -0.15) is 0 Å². The molecule has 9 heavy (non-hydrogen) atoms. The molecule has 48 valence electrons. The predicted octanol–water partition coefficient (Wildman–Crippen LogP) is -0.135. The summed E-state index contributed by atoms with van der Waals surface area (Å²) in [6.45, 7) is 3.27. The lowest BCUT2D eigenvalue weighted by atomic mass is 10.6. The number of hydrogen-bond acceptors (Lipinski definition) is 3. The van der Waals surface area contributed by atoms with Gasteiger partial charge < -0.3 is 9.47 Å². The lowest BCUT2D eigenvalue weighted by Crippen LogP contribution is -2.12. The molecule has 1 aliphatic heterocycles. The second-order valence-electron chi connectivity index (χ2n) is 2.17. The maximum atomic E-state index is 10.4. The first-order chi connectivity index (χ1) is 4.33. The maximum Gasteiger partial charge on any atom is 0.330 e. The molecule has 3 heteroatoms. The third-order valence-electron chi connectivity index (χ3n) is 1.49. The van der Waals surface area contributed by atoms with Crippen LogP contribution in [0.3, 0.4) is 0 Å². The van der Waals surface area contributed by atoms with Crippen LogP contribution in [0.25, 0.3) is 0 Å². The second-order valence-corrected chi connectivity index (χ2v) is 2.17. The lowest BCUT2D eigenvalue weighted by Gasteiger charge is -2.01. The van der Waals surface area contributed by atoms with E-state index in [2.05, 4.69) is 6.58 Å². The molecule has 1 aliphatic carbocycles. The largest absolute Gasteiger partial charge is 0.453 e. The molecule has 1 saturated heterocycles. The van der Waals surface area contributed by atoms with Crippen LogP contribution in [0.4, 0.5) is 0 Å². The Balaban J connectivity index is 1.78. The number of esters is 1. The summed E-state index contributed by atoms with van der Waals surface area (Å²) < 4.78 is 9.64. The van der Waals surface area contributed by atoms with Gasteiger partial charge in [0.25, 0.3) is 0 Å². The highest BCUT2D eigenvalue weighted by molar-refractivity contribution is 5.81. The van der Waals surface area contributed by atoms with Gasteiger partial charge in [0.2, 0.25) is 0 Å². The molecular formula is C6H6O3. The van der Waals surface area contributed by atoms with Gasteiger partial charge in [-0.25, -0.2) is 4.79 Å². The Kier molecular flexibility index (Phi) is 0.754. The van der Waals surface area contributed by atoms with Crippen molar-refractivity contribution in [3.63, 3.8) is 0 Å². The van der Waals surface area contributed by atoms with E-state index in [1.54, 1.807) is 0 Å². The van der Waals surface area contributed by atoms with Crippen LogP contribution in [0.2, 0.25) is 0 Å². The van der Waals surface area contributed by atoms with E-state index in [0.717, 1.165) is 6.08 Å². The highest BCUT2D eigenvalue weighted by Gasteiger charge is 2.71. The third kappa shape index (κ3) is 0.650. The van der Waals surface area contributed by atoms with Crippen molar-refractivity contribution < 1.29 is 14.3 Å². The van der Waals surface area contributed by atoms with E-state index < -0.39 is 0 Å². The predicted molar refractivity (Wildman–Crippen MR) is 28.7 cm³/mol. The van der Waals surface area contributed by atoms with E-state index in [4.69, 9.17) is 9.47 Å². The molecule has 0 aromatic heterocycles. The minimum Gasteiger partial charge on any atom is -0.453 e. The van der Waals surface area contributed by atoms with Gasteiger partial charge in [0, 0.05) is 6.08 Å². The van der Waals surface area contributed by atoms with Crippen molar-refractivity contribution in [1.82, 2.24) is 0 Å². The van der Waals surface area contributed by atoms with Crippen LogP contribution >= 0.6 is 0 Å². The molecule has 2 aliphatic rings. The molecule has 0 amide bonds. The van der Waals surface area contributed by atoms with Gasteiger partial charge in [-0.1, -0.05) is 6.58 Å². The molecule has 3 nitrogen and oxygen atoms in total. The zero-order chi connectivity index (χ0) is 6.43. The molecule has 0 aromatic carbocycles. The van der Waals surface area contributed by atoms with Crippen LogP contribution in [-0.2, 0) is 14.3 Å². The molecule has 0 N–H and O–H groups in total. The number of rotatable bonds is 2. The van der Waals surface area contributed by atoms with Crippen molar-refractivity contribution in [2.75, 3.05) is 0 Å². The summed E-state index contributed by atoms with van der Waals surface area (Å²) in [5.41, 5.74) is 0. The molecule has 0 spiro atoms. The van der Waals surface area contributed by atoms with Gasteiger partial charge in [-0.3, -0.25) is 0 Å². The minimum absolute atomic E-state index is 0.0514. The second kappa shape index (κ2) is 1.36. The van der Waals surface area contributed by atoms with E-state index in [1.807, 2.05) is 0 Å². The minimum atomic E-state index is -0.351. The van der Waals surface area contributed by atoms with E-state index >= 15 is 0 Å². The number of ether oxygens (including phenoxy) is 2. The van der Waals surface area contributed by atoms with Crippen LogP contribution in [0.1, 0.15) is 0 Å². The van der Waals surface area contributed by atoms with Crippen molar-refractivity contribution in [1.29, 1.82) is 0 Å². The van der Waals surface area contributed by atoms with Gasteiger partial charge >= 0.3 is 5.97 Å². The summed E-state index contributed by atoms with van der Waals surface area (Å²) in [5.74, 6) is -0.351. The summed E-state index contributed by atoms with van der Waals surface area (Å²) in [6.07, 6.45) is 1.68. The van der Waals surface area contributed by atoms with Crippen LogP contribution < -0.4 is 0 Å². The first-order valence-electron chi connectivity index (χ1n) is 2.81. The first kappa shape index (κ1) is 4.99. The molecule has 1 saturated carbocycles.